The highest BCUT2D eigenvalue weighted by atomic mass is 16.7. The molecule has 2 N–H and O–H groups in total. The number of aliphatic hydroxyl groups is 1. The molecule has 1 aliphatic carbocycles. The van der Waals surface area contributed by atoms with Gasteiger partial charge in [0.25, 0.3) is 0 Å². The number of ether oxygens (including phenoxy) is 1. The van der Waals surface area contributed by atoms with Crippen LogP contribution in [0.15, 0.2) is 57.2 Å². The van der Waals surface area contributed by atoms with Crippen molar-refractivity contribution >= 4 is 5.71 Å². The van der Waals surface area contributed by atoms with Crippen molar-refractivity contribution in [3.05, 3.63) is 85.7 Å². The van der Waals surface area contributed by atoms with Gasteiger partial charge in [-0.1, -0.05) is 41.1 Å². The number of rotatable bonds is 5. The van der Waals surface area contributed by atoms with Crippen molar-refractivity contribution in [1.29, 1.82) is 0 Å². The second kappa shape index (κ2) is 9.80. The number of aryl methyl sites for hydroxylation is 3. The molecule has 8 atom stereocenters. The molecule has 0 amide bonds. The maximum atomic E-state index is 13.6. The molecular formula is C30H35N5O6. The fourth-order valence-corrected chi connectivity index (χ4v) is 7.15. The van der Waals surface area contributed by atoms with Crippen molar-refractivity contribution in [2.75, 3.05) is 0 Å². The standard InChI is InChI=1S/C30H35N5O6/c1-15-12-16(2)23(17(3)13-15)21-14-22(41-31-21)18(4)40-32-24-20-10-11-33-29(37)34(19-8-6-5-7-9-19)30(38)35(33)25(20)26(36)28-27(24)39-28/h5-9,12-13,18,20-22,25-28,31,36H,10-11,14H2,1-4H3/b32-24-/t18-,20+,21?,22?,25+,26-,27+,28-/m0/s1. The minimum Gasteiger partial charge on any atom is -0.390 e. The van der Waals surface area contributed by atoms with E-state index in [2.05, 4.69) is 43.5 Å². The maximum Gasteiger partial charge on any atom is 0.352 e. The van der Waals surface area contributed by atoms with Crippen LogP contribution >= 0.6 is 0 Å². The second-order valence-electron chi connectivity index (χ2n) is 11.8. The molecule has 41 heavy (non-hydrogen) atoms. The Labute approximate surface area is 236 Å². The van der Waals surface area contributed by atoms with Gasteiger partial charge in [0.05, 0.1) is 23.5 Å². The molecular weight excluding hydrogens is 526 g/mol. The number of hydroxylamine groups is 1. The number of oxime groups is 1. The number of hydrogen-bond acceptors (Lipinski definition) is 8. The van der Waals surface area contributed by atoms with E-state index in [-0.39, 0.29) is 30.3 Å². The molecule has 1 saturated carbocycles. The molecule has 1 aromatic heterocycles. The number of para-hydroxylation sites is 1. The molecule has 4 aliphatic rings. The minimum atomic E-state index is -0.944. The number of aromatic nitrogens is 3. The molecule has 2 saturated heterocycles. The van der Waals surface area contributed by atoms with Gasteiger partial charge in [0.2, 0.25) is 0 Å². The first-order valence-electron chi connectivity index (χ1n) is 14.3. The predicted octanol–water partition coefficient (Wildman–Crippen LogP) is 2.22. The van der Waals surface area contributed by atoms with Gasteiger partial charge in [-0.05, 0) is 62.9 Å². The van der Waals surface area contributed by atoms with Crippen LogP contribution in [-0.4, -0.2) is 55.3 Å². The van der Waals surface area contributed by atoms with E-state index in [1.807, 2.05) is 13.0 Å². The van der Waals surface area contributed by atoms with E-state index in [0.29, 0.717) is 24.4 Å². The molecule has 3 aromatic rings. The Kier molecular flexibility index (Phi) is 6.31. The number of fused-ring (bicyclic) bond motifs is 4. The van der Waals surface area contributed by atoms with Crippen molar-refractivity contribution in [3.8, 4) is 5.69 Å². The van der Waals surface area contributed by atoms with E-state index < -0.39 is 29.6 Å². The summed E-state index contributed by atoms with van der Waals surface area (Å²) in [7, 11) is 0. The summed E-state index contributed by atoms with van der Waals surface area (Å²) in [5.41, 5.74) is 8.39. The number of epoxide rings is 1. The van der Waals surface area contributed by atoms with Gasteiger partial charge in [-0.25, -0.2) is 23.5 Å². The van der Waals surface area contributed by atoms with E-state index in [0.717, 1.165) is 11.0 Å². The highest BCUT2D eigenvalue weighted by molar-refractivity contribution is 5.94. The van der Waals surface area contributed by atoms with Gasteiger partial charge in [-0.3, -0.25) is 4.84 Å². The summed E-state index contributed by atoms with van der Waals surface area (Å²) in [6.45, 7) is 8.60. The molecule has 0 spiro atoms. The SMILES string of the molecule is Cc1cc(C)c(C2CC([C@H](C)O/N=C3/[C@H]4CCn5c(=O)n(-c6ccccc6)c(=O)n5[C@H]4[C@H](O)[C@@H]4O[C@H]34)ON2)c(C)c1. The molecule has 4 heterocycles. The summed E-state index contributed by atoms with van der Waals surface area (Å²) in [4.78, 5) is 38.8. The van der Waals surface area contributed by atoms with Crippen LogP contribution in [0.4, 0.5) is 0 Å². The fraction of sp³-hybridized carbons (Fsp3) is 0.500. The fourth-order valence-electron chi connectivity index (χ4n) is 7.15. The molecule has 0 radical (unpaired) electrons. The van der Waals surface area contributed by atoms with Crippen molar-refractivity contribution in [2.24, 2.45) is 11.1 Å². The minimum absolute atomic E-state index is 0.0558. The average molecular weight is 562 g/mol. The van der Waals surface area contributed by atoms with Crippen LogP contribution in [0.2, 0.25) is 0 Å². The van der Waals surface area contributed by atoms with Crippen molar-refractivity contribution in [3.63, 3.8) is 0 Å². The molecule has 2 unspecified atom stereocenters. The predicted molar refractivity (Wildman–Crippen MR) is 150 cm³/mol. The smallest absolute Gasteiger partial charge is 0.352 e. The van der Waals surface area contributed by atoms with Gasteiger partial charge in [0, 0.05) is 18.9 Å². The Balaban J connectivity index is 1.13. The lowest BCUT2D eigenvalue weighted by atomic mass is 9.78. The van der Waals surface area contributed by atoms with E-state index in [1.165, 1.54) is 31.6 Å². The first-order chi connectivity index (χ1) is 19.7. The molecule has 3 fully saturated rings. The van der Waals surface area contributed by atoms with Crippen LogP contribution in [-0.2, 0) is 21.0 Å². The Morgan fingerprint density at radius 1 is 1.10 bits per heavy atom. The van der Waals surface area contributed by atoms with Gasteiger partial charge in [0.15, 0.2) is 6.10 Å². The van der Waals surface area contributed by atoms with E-state index in [4.69, 9.17) is 14.4 Å². The monoisotopic (exact) mass is 561 g/mol. The third kappa shape index (κ3) is 4.21. The second-order valence-corrected chi connectivity index (χ2v) is 11.8. The van der Waals surface area contributed by atoms with Gasteiger partial charge >= 0.3 is 11.4 Å². The molecule has 11 heteroatoms. The quantitative estimate of drug-likeness (QED) is 0.362. The molecule has 7 rings (SSSR count). The molecule has 3 aliphatic heterocycles. The number of benzene rings is 2. The average Bonchev–Trinajstić information content (AvgIpc) is 3.53. The molecule has 0 bridgehead atoms. The number of aliphatic hydroxyl groups excluding tert-OH is 1. The first-order valence-corrected chi connectivity index (χ1v) is 14.3. The largest absolute Gasteiger partial charge is 0.390 e. The highest BCUT2D eigenvalue weighted by Gasteiger charge is 2.61. The Hall–Kier alpha value is -3.51. The summed E-state index contributed by atoms with van der Waals surface area (Å²) in [5, 5.41) is 15.8. The Morgan fingerprint density at radius 3 is 2.56 bits per heavy atom. The van der Waals surface area contributed by atoms with Gasteiger partial charge in [-0.15, -0.1) is 0 Å². The van der Waals surface area contributed by atoms with E-state index in [1.54, 1.807) is 24.3 Å². The third-order valence-electron chi connectivity index (χ3n) is 9.07. The van der Waals surface area contributed by atoms with Crippen molar-refractivity contribution in [2.45, 2.75) is 89.7 Å². The number of hydrogen-bond donors (Lipinski definition) is 2. The summed E-state index contributed by atoms with van der Waals surface area (Å²) in [5.74, 6) is -0.307. The van der Waals surface area contributed by atoms with Crippen LogP contribution in [0, 0.1) is 26.7 Å². The zero-order valence-electron chi connectivity index (χ0n) is 23.6. The number of nitrogens with zero attached hydrogens (tertiary/aromatic N) is 4. The summed E-state index contributed by atoms with van der Waals surface area (Å²) < 4.78 is 9.80. The van der Waals surface area contributed by atoms with Crippen LogP contribution in [0.1, 0.15) is 54.1 Å². The Bertz CT molecular complexity index is 1620. The zero-order chi connectivity index (χ0) is 28.6. The van der Waals surface area contributed by atoms with Gasteiger partial charge < -0.3 is 14.7 Å². The molecule has 216 valence electrons. The maximum absolute atomic E-state index is 13.6. The van der Waals surface area contributed by atoms with Gasteiger partial charge in [-0.2, -0.15) is 5.48 Å². The molecule has 2 aromatic carbocycles. The normalized spacial score (nSPS) is 31.8. The van der Waals surface area contributed by atoms with Crippen molar-refractivity contribution in [1.82, 2.24) is 19.4 Å². The summed E-state index contributed by atoms with van der Waals surface area (Å²) >= 11 is 0. The molecule has 11 nitrogen and oxygen atoms in total. The van der Waals surface area contributed by atoms with E-state index >= 15 is 0 Å². The lowest BCUT2D eigenvalue weighted by Gasteiger charge is -2.38. The van der Waals surface area contributed by atoms with Crippen molar-refractivity contribution < 1.29 is 19.5 Å². The number of nitrogens with one attached hydrogen (secondary N) is 1. The highest BCUT2D eigenvalue weighted by Crippen LogP contribution is 2.46. The van der Waals surface area contributed by atoms with Gasteiger partial charge in [0.1, 0.15) is 24.4 Å². The topological polar surface area (TPSA) is 125 Å². The van der Waals surface area contributed by atoms with Crippen LogP contribution < -0.4 is 16.9 Å². The summed E-state index contributed by atoms with van der Waals surface area (Å²) in [6.07, 6.45) is -1.11. The third-order valence-corrected chi connectivity index (χ3v) is 9.07. The first kappa shape index (κ1) is 26.4. The lowest BCUT2D eigenvalue weighted by Crippen LogP contribution is -2.53. The Morgan fingerprint density at radius 2 is 1.83 bits per heavy atom. The summed E-state index contributed by atoms with van der Waals surface area (Å²) in [6, 6.07) is 12.6. The van der Waals surface area contributed by atoms with Crippen LogP contribution in [0.3, 0.4) is 0 Å². The van der Waals surface area contributed by atoms with E-state index in [9.17, 15) is 14.7 Å². The lowest BCUT2D eigenvalue weighted by molar-refractivity contribution is -0.0696. The zero-order valence-corrected chi connectivity index (χ0v) is 23.6. The van der Waals surface area contributed by atoms with Crippen LogP contribution in [0.5, 0.6) is 0 Å². The van der Waals surface area contributed by atoms with Crippen LogP contribution in [0.25, 0.3) is 5.69 Å².